The molecule has 2 N–H and O–H groups in total. The SMILES string of the molecule is COc1cc(CNC(=O)c2ccc(Nc3ccccc3)c([N+](=O)[O-])c2)cc(OC)c1OC. The number of nitrogens with one attached hydrogen (secondary N) is 2. The van der Waals surface area contributed by atoms with Crippen LogP contribution in [0.15, 0.2) is 60.7 Å². The van der Waals surface area contributed by atoms with Crippen molar-refractivity contribution in [2.24, 2.45) is 0 Å². The summed E-state index contributed by atoms with van der Waals surface area (Å²) in [5.41, 5.74) is 1.68. The second kappa shape index (κ2) is 10.2. The van der Waals surface area contributed by atoms with Gasteiger partial charge in [-0.05, 0) is 42.0 Å². The Bertz CT molecular complexity index is 1090. The second-order valence-corrected chi connectivity index (χ2v) is 6.70. The number of hydrogen-bond donors (Lipinski definition) is 2. The van der Waals surface area contributed by atoms with Crippen molar-refractivity contribution in [1.29, 1.82) is 0 Å². The number of nitro groups is 1. The molecular formula is C23H23N3O6. The summed E-state index contributed by atoms with van der Waals surface area (Å²) in [6.45, 7) is 0.160. The van der Waals surface area contributed by atoms with Crippen LogP contribution < -0.4 is 24.8 Å². The maximum atomic E-state index is 12.7. The minimum Gasteiger partial charge on any atom is -0.493 e. The summed E-state index contributed by atoms with van der Waals surface area (Å²) in [6.07, 6.45) is 0. The van der Waals surface area contributed by atoms with Crippen molar-refractivity contribution in [2.75, 3.05) is 26.6 Å². The fourth-order valence-corrected chi connectivity index (χ4v) is 3.13. The van der Waals surface area contributed by atoms with Crippen LogP contribution in [0.3, 0.4) is 0 Å². The van der Waals surface area contributed by atoms with E-state index < -0.39 is 10.8 Å². The molecule has 0 aromatic heterocycles. The van der Waals surface area contributed by atoms with E-state index in [2.05, 4.69) is 10.6 Å². The van der Waals surface area contributed by atoms with Crippen molar-refractivity contribution >= 4 is 23.0 Å². The van der Waals surface area contributed by atoms with Crippen molar-refractivity contribution in [3.8, 4) is 17.2 Å². The standard InChI is InChI=1S/C23H23N3O6/c1-30-20-11-15(12-21(31-2)22(20)32-3)14-24-23(27)16-9-10-18(19(13-16)26(28)29)25-17-7-5-4-6-8-17/h4-13,25H,14H2,1-3H3,(H,24,27). The van der Waals surface area contributed by atoms with Gasteiger partial charge in [-0.1, -0.05) is 18.2 Å². The summed E-state index contributed by atoms with van der Waals surface area (Å²) in [7, 11) is 4.51. The summed E-state index contributed by atoms with van der Waals surface area (Å²) in [4.78, 5) is 23.7. The molecule has 0 heterocycles. The average Bonchev–Trinajstić information content (AvgIpc) is 2.82. The molecule has 0 fully saturated rings. The van der Waals surface area contributed by atoms with E-state index in [9.17, 15) is 14.9 Å². The molecule has 0 aliphatic carbocycles. The van der Waals surface area contributed by atoms with Crippen molar-refractivity contribution < 1.29 is 23.9 Å². The molecular weight excluding hydrogens is 414 g/mol. The Morgan fingerprint density at radius 2 is 1.59 bits per heavy atom. The lowest BCUT2D eigenvalue weighted by atomic mass is 10.1. The highest BCUT2D eigenvalue weighted by atomic mass is 16.6. The van der Waals surface area contributed by atoms with Crippen LogP contribution in [0, 0.1) is 10.1 Å². The predicted molar refractivity (Wildman–Crippen MR) is 120 cm³/mol. The second-order valence-electron chi connectivity index (χ2n) is 6.70. The molecule has 0 atom stereocenters. The first-order valence-electron chi connectivity index (χ1n) is 9.64. The van der Waals surface area contributed by atoms with Gasteiger partial charge in [0.25, 0.3) is 11.6 Å². The third kappa shape index (κ3) is 5.07. The summed E-state index contributed by atoms with van der Waals surface area (Å²) < 4.78 is 15.9. The van der Waals surface area contributed by atoms with Crippen LogP contribution in [-0.4, -0.2) is 32.2 Å². The van der Waals surface area contributed by atoms with Gasteiger partial charge in [0, 0.05) is 23.9 Å². The van der Waals surface area contributed by atoms with Gasteiger partial charge in [-0.2, -0.15) is 0 Å². The Kier molecular flexibility index (Phi) is 7.12. The number of hydrogen-bond acceptors (Lipinski definition) is 7. The number of carbonyl (C=O) groups is 1. The molecule has 0 unspecified atom stereocenters. The lowest BCUT2D eigenvalue weighted by Crippen LogP contribution is -2.23. The zero-order chi connectivity index (χ0) is 23.1. The molecule has 9 nitrogen and oxygen atoms in total. The molecule has 0 aliphatic heterocycles. The lowest BCUT2D eigenvalue weighted by molar-refractivity contribution is -0.383. The van der Waals surface area contributed by atoms with E-state index in [1.54, 1.807) is 24.3 Å². The Morgan fingerprint density at radius 1 is 0.938 bits per heavy atom. The van der Waals surface area contributed by atoms with Crippen LogP contribution in [0.1, 0.15) is 15.9 Å². The number of ether oxygens (including phenoxy) is 3. The largest absolute Gasteiger partial charge is 0.493 e. The molecule has 166 valence electrons. The molecule has 0 saturated carbocycles. The van der Waals surface area contributed by atoms with E-state index in [-0.39, 0.29) is 17.8 Å². The third-order valence-corrected chi connectivity index (χ3v) is 4.69. The molecule has 0 bridgehead atoms. The van der Waals surface area contributed by atoms with Crippen LogP contribution in [-0.2, 0) is 6.54 Å². The smallest absolute Gasteiger partial charge is 0.293 e. The number of para-hydroxylation sites is 1. The number of amides is 1. The zero-order valence-electron chi connectivity index (χ0n) is 17.9. The minimum absolute atomic E-state index is 0.160. The molecule has 3 aromatic carbocycles. The highest BCUT2D eigenvalue weighted by molar-refractivity contribution is 5.96. The lowest BCUT2D eigenvalue weighted by Gasteiger charge is -2.14. The summed E-state index contributed by atoms with van der Waals surface area (Å²) in [6, 6.07) is 16.8. The van der Waals surface area contributed by atoms with Gasteiger partial charge in [-0.15, -0.1) is 0 Å². The Hall–Kier alpha value is -4.27. The van der Waals surface area contributed by atoms with E-state index in [4.69, 9.17) is 14.2 Å². The first-order chi connectivity index (χ1) is 15.5. The quantitative estimate of drug-likeness (QED) is 0.379. The monoisotopic (exact) mass is 437 g/mol. The molecule has 0 saturated heterocycles. The van der Waals surface area contributed by atoms with E-state index in [0.717, 1.165) is 0 Å². The Labute approximate surface area is 185 Å². The number of benzene rings is 3. The molecule has 9 heteroatoms. The van der Waals surface area contributed by atoms with Crippen molar-refractivity contribution in [2.45, 2.75) is 6.54 Å². The summed E-state index contributed by atoms with van der Waals surface area (Å²) in [5, 5.41) is 17.3. The van der Waals surface area contributed by atoms with Crippen LogP contribution in [0.2, 0.25) is 0 Å². The number of anilines is 2. The van der Waals surface area contributed by atoms with Gasteiger partial charge in [0.1, 0.15) is 5.69 Å². The Balaban J connectivity index is 1.78. The maximum Gasteiger partial charge on any atom is 0.293 e. The number of carbonyl (C=O) groups excluding carboxylic acids is 1. The topological polar surface area (TPSA) is 112 Å². The van der Waals surface area contributed by atoms with Gasteiger partial charge in [0.2, 0.25) is 5.75 Å². The molecule has 1 amide bonds. The summed E-state index contributed by atoms with van der Waals surface area (Å²) in [5.74, 6) is 0.918. The molecule has 3 aromatic rings. The van der Waals surface area contributed by atoms with Gasteiger partial charge >= 0.3 is 0 Å². The van der Waals surface area contributed by atoms with Crippen molar-refractivity contribution in [3.63, 3.8) is 0 Å². The van der Waals surface area contributed by atoms with Gasteiger partial charge in [-0.25, -0.2) is 0 Å². The van der Waals surface area contributed by atoms with Gasteiger partial charge < -0.3 is 24.8 Å². The van der Waals surface area contributed by atoms with Gasteiger partial charge in [0.05, 0.1) is 26.3 Å². The molecule has 32 heavy (non-hydrogen) atoms. The number of rotatable bonds is 9. The van der Waals surface area contributed by atoms with Gasteiger partial charge in [0.15, 0.2) is 11.5 Å². The van der Waals surface area contributed by atoms with Crippen LogP contribution in [0.5, 0.6) is 17.2 Å². The zero-order valence-corrected chi connectivity index (χ0v) is 17.9. The molecule has 0 aliphatic rings. The highest BCUT2D eigenvalue weighted by Gasteiger charge is 2.19. The van der Waals surface area contributed by atoms with Gasteiger partial charge in [-0.3, -0.25) is 14.9 Å². The first-order valence-corrected chi connectivity index (χ1v) is 9.64. The molecule has 3 rings (SSSR count). The van der Waals surface area contributed by atoms with Crippen molar-refractivity contribution in [3.05, 3.63) is 81.9 Å². The maximum absolute atomic E-state index is 12.7. The van der Waals surface area contributed by atoms with E-state index in [1.165, 1.54) is 39.5 Å². The minimum atomic E-state index is -0.527. The van der Waals surface area contributed by atoms with Crippen LogP contribution >= 0.6 is 0 Å². The Morgan fingerprint density at radius 3 is 2.16 bits per heavy atom. The first kappa shape index (κ1) is 22.4. The molecule has 0 spiro atoms. The third-order valence-electron chi connectivity index (χ3n) is 4.69. The molecule has 0 radical (unpaired) electrons. The normalized spacial score (nSPS) is 10.2. The number of methoxy groups -OCH3 is 3. The van der Waals surface area contributed by atoms with Crippen LogP contribution in [0.25, 0.3) is 0 Å². The summed E-state index contributed by atoms with van der Waals surface area (Å²) >= 11 is 0. The fourth-order valence-electron chi connectivity index (χ4n) is 3.13. The predicted octanol–water partition coefficient (Wildman–Crippen LogP) is 4.29. The highest BCUT2D eigenvalue weighted by Crippen LogP contribution is 2.38. The average molecular weight is 437 g/mol. The van der Waals surface area contributed by atoms with E-state index in [0.29, 0.717) is 34.2 Å². The number of nitrogens with zero attached hydrogens (tertiary/aromatic N) is 1. The van der Waals surface area contributed by atoms with E-state index >= 15 is 0 Å². The van der Waals surface area contributed by atoms with Crippen molar-refractivity contribution in [1.82, 2.24) is 5.32 Å². The number of nitro benzene ring substituents is 1. The van der Waals surface area contributed by atoms with Crippen LogP contribution in [0.4, 0.5) is 17.1 Å². The fraction of sp³-hybridized carbons (Fsp3) is 0.174. The van der Waals surface area contributed by atoms with E-state index in [1.807, 2.05) is 18.2 Å².